The summed E-state index contributed by atoms with van der Waals surface area (Å²) in [4.78, 5) is 62.2. The molecule has 12 nitrogen and oxygen atoms in total. The average molecular weight is 636 g/mol. The number of fused-ring (bicyclic) bond motifs is 2. The molecule has 1 aliphatic heterocycles. The van der Waals surface area contributed by atoms with Gasteiger partial charge in [-0.1, -0.05) is 52.0 Å². The monoisotopic (exact) mass is 635 g/mol. The maximum atomic E-state index is 13.3. The molecule has 0 saturated heterocycles. The smallest absolute Gasteiger partial charge is 0.405 e. The van der Waals surface area contributed by atoms with Gasteiger partial charge >= 0.3 is 6.09 Å². The third-order valence-electron chi connectivity index (χ3n) is 6.40. The van der Waals surface area contributed by atoms with Crippen molar-refractivity contribution in [2.45, 2.75) is 98.9 Å². The number of aliphatic hydroxyl groups is 1. The molecule has 0 radical (unpaired) electrons. The van der Waals surface area contributed by atoms with Crippen LogP contribution >= 0.6 is 0 Å². The van der Waals surface area contributed by atoms with Gasteiger partial charge in [0.05, 0.1) is 17.5 Å². The molecule has 2 bridgehead atoms. The topological polar surface area (TPSA) is 183 Å². The summed E-state index contributed by atoms with van der Waals surface area (Å²) in [5.41, 5.74) is 6.14. The number of ketones is 2. The minimum atomic E-state index is -0.950. The Morgan fingerprint density at radius 1 is 1.02 bits per heavy atom. The van der Waals surface area contributed by atoms with E-state index in [-0.39, 0.29) is 35.1 Å². The van der Waals surface area contributed by atoms with E-state index in [0.717, 1.165) is 18.8 Å². The summed E-state index contributed by atoms with van der Waals surface area (Å²) in [5, 5.41) is 12.0. The van der Waals surface area contributed by atoms with E-state index in [0.29, 0.717) is 25.7 Å². The van der Waals surface area contributed by atoms with Gasteiger partial charge in [0.2, 0.25) is 17.5 Å². The van der Waals surface area contributed by atoms with Crippen LogP contribution in [0.15, 0.2) is 58.5 Å². The van der Waals surface area contributed by atoms with Crippen molar-refractivity contribution in [3.05, 3.63) is 58.5 Å². The summed E-state index contributed by atoms with van der Waals surface area (Å²) < 4.78 is 16.4. The number of carbonyl (C=O) groups is 5. The highest BCUT2D eigenvalue weighted by molar-refractivity contribution is 6.24. The third kappa shape index (κ3) is 15.1. The number of methoxy groups -OCH3 is 2. The first kappa shape index (κ1) is 43.3. The SMILES string of the molecule is CC.CC.CO.CO[C@@H]1CC/C=C(\C)C(OC(N)=O)[C@@H](OC)/C=C\C=C(/C)C(=O)NC2=CC(=O)C(NC(C)=O)=C(CCC1)C2=O. The Kier molecular flexibility index (Phi) is 23.5. The lowest BCUT2D eigenvalue weighted by Crippen LogP contribution is -2.36. The van der Waals surface area contributed by atoms with Gasteiger partial charge in [-0.2, -0.15) is 0 Å². The molecule has 1 unspecified atom stereocenters. The molecule has 0 aromatic rings. The number of allylic oxidation sites excluding steroid dienone is 5. The van der Waals surface area contributed by atoms with Crippen molar-refractivity contribution in [1.82, 2.24) is 10.6 Å². The molecular formula is C33H53N3O9. The van der Waals surface area contributed by atoms with Gasteiger partial charge in [-0.15, -0.1) is 0 Å². The van der Waals surface area contributed by atoms with Crippen molar-refractivity contribution in [2.24, 2.45) is 5.73 Å². The fourth-order valence-electron chi connectivity index (χ4n) is 4.29. The zero-order chi connectivity index (χ0) is 35.1. The summed E-state index contributed by atoms with van der Waals surface area (Å²) in [6.07, 6.45) is 7.50. The maximum Gasteiger partial charge on any atom is 0.405 e. The highest BCUT2D eigenvalue weighted by Crippen LogP contribution is 2.24. The van der Waals surface area contributed by atoms with Gasteiger partial charge in [-0.05, 0) is 51.5 Å². The summed E-state index contributed by atoms with van der Waals surface area (Å²) in [7, 11) is 4.04. The second-order valence-electron chi connectivity index (χ2n) is 9.31. The molecule has 0 saturated carbocycles. The van der Waals surface area contributed by atoms with Gasteiger partial charge in [-0.25, -0.2) is 4.79 Å². The highest BCUT2D eigenvalue weighted by Gasteiger charge is 2.30. The molecular weight excluding hydrogens is 582 g/mol. The van der Waals surface area contributed by atoms with Crippen LogP contribution in [0.1, 0.15) is 80.6 Å². The van der Waals surface area contributed by atoms with E-state index in [1.165, 1.54) is 27.0 Å². The first-order valence-corrected chi connectivity index (χ1v) is 15.1. The summed E-state index contributed by atoms with van der Waals surface area (Å²) in [6.45, 7) is 12.6. The average Bonchev–Trinajstić information content (AvgIpc) is 3.03. The summed E-state index contributed by atoms with van der Waals surface area (Å²) in [5.74, 6) is -2.19. The van der Waals surface area contributed by atoms with Gasteiger partial charge in [-0.3, -0.25) is 19.2 Å². The normalized spacial score (nSPS) is 24.1. The van der Waals surface area contributed by atoms with Crippen LogP contribution in [0, 0.1) is 0 Å². The second-order valence-corrected chi connectivity index (χ2v) is 9.31. The Labute approximate surface area is 267 Å². The number of hydrogen-bond donors (Lipinski definition) is 4. The predicted molar refractivity (Wildman–Crippen MR) is 174 cm³/mol. The van der Waals surface area contributed by atoms with E-state index < -0.39 is 41.7 Å². The van der Waals surface area contributed by atoms with E-state index in [2.05, 4.69) is 10.6 Å². The van der Waals surface area contributed by atoms with Crippen molar-refractivity contribution >= 4 is 29.5 Å². The number of nitrogens with two attached hydrogens (primary N) is 1. The zero-order valence-electron chi connectivity index (χ0n) is 28.4. The van der Waals surface area contributed by atoms with Gasteiger partial charge in [0, 0.05) is 45.5 Å². The summed E-state index contributed by atoms with van der Waals surface area (Å²) >= 11 is 0. The Hall–Kier alpha value is -3.87. The quantitative estimate of drug-likeness (QED) is 0.261. The minimum absolute atomic E-state index is 0.0785. The van der Waals surface area contributed by atoms with E-state index in [9.17, 15) is 24.0 Å². The zero-order valence-corrected chi connectivity index (χ0v) is 28.4. The van der Waals surface area contributed by atoms with Gasteiger partial charge in [0.15, 0.2) is 6.10 Å². The van der Waals surface area contributed by atoms with Crippen molar-refractivity contribution in [1.29, 1.82) is 0 Å². The molecule has 0 aromatic heterocycles. The van der Waals surface area contributed by atoms with Crippen molar-refractivity contribution in [2.75, 3.05) is 21.3 Å². The van der Waals surface area contributed by atoms with Crippen LogP contribution in [-0.4, -0.2) is 74.2 Å². The van der Waals surface area contributed by atoms with Crippen molar-refractivity contribution < 1.29 is 43.3 Å². The molecule has 0 fully saturated rings. The van der Waals surface area contributed by atoms with Crippen LogP contribution in [0.4, 0.5) is 4.79 Å². The molecule has 2 rings (SSSR count). The Balaban J connectivity index is 0. The van der Waals surface area contributed by atoms with Crippen LogP contribution in [-0.2, 0) is 33.4 Å². The molecule has 2 aliphatic rings. The number of rotatable bonds is 4. The van der Waals surface area contributed by atoms with E-state index >= 15 is 0 Å². The van der Waals surface area contributed by atoms with Crippen molar-refractivity contribution in [3.63, 3.8) is 0 Å². The van der Waals surface area contributed by atoms with Crippen LogP contribution in [0.25, 0.3) is 0 Å². The van der Waals surface area contributed by atoms with Crippen LogP contribution < -0.4 is 16.4 Å². The molecule has 3 amide bonds. The van der Waals surface area contributed by atoms with Crippen LogP contribution in [0.5, 0.6) is 0 Å². The first-order valence-electron chi connectivity index (χ1n) is 15.1. The number of carbonyl (C=O) groups excluding carboxylic acids is 5. The lowest BCUT2D eigenvalue weighted by atomic mass is 9.91. The summed E-state index contributed by atoms with van der Waals surface area (Å²) in [6, 6.07) is 0. The van der Waals surface area contributed by atoms with Crippen LogP contribution in [0.2, 0.25) is 0 Å². The predicted octanol–water partition coefficient (Wildman–Crippen LogP) is 4.10. The number of amides is 3. The Bertz CT molecular complexity index is 1150. The van der Waals surface area contributed by atoms with Gasteiger partial charge in [0.1, 0.15) is 6.10 Å². The van der Waals surface area contributed by atoms with E-state index in [1.54, 1.807) is 26.2 Å². The number of aliphatic hydroxyl groups excluding tert-OH is 1. The molecule has 45 heavy (non-hydrogen) atoms. The number of nitrogens with one attached hydrogen (secondary N) is 2. The molecule has 1 aliphatic carbocycles. The van der Waals surface area contributed by atoms with Gasteiger partial charge in [0.25, 0.3) is 5.91 Å². The van der Waals surface area contributed by atoms with E-state index in [1.807, 2.05) is 33.8 Å². The molecule has 0 spiro atoms. The highest BCUT2D eigenvalue weighted by atomic mass is 16.6. The van der Waals surface area contributed by atoms with Crippen LogP contribution in [0.3, 0.4) is 0 Å². The number of Topliss-reactive ketones (excluding diaryl/α,β-unsaturated/α-hetero) is 1. The lowest BCUT2D eigenvalue weighted by molar-refractivity contribution is -0.121. The Morgan fingerprint density at radius 3 is 2.18 bits per heavy atom. The largest absolute Gasteiger partial charge is 0.439 e. The maximum absolute atomic E-state index is 13.3. The standard InChI is InChI=1S/C28H37N3O8.2C2H6.CH4O/c1-16-9-6-11-19(37-4)12-8-13-20-24(30-18(3)32)22(33)15-21(25(20)34)31-27(35)17(2)10-7-14-23(38-5)26(16)39-28(29)36;3*1-2/h7,9-10,14-15,19,23,26H,6,8,11-13H2,1-5H3,(H2,29,36)(H,30,32)(H,31,35);2*1-2H3;2H,1H3/b14-7-,16-9+,17-10+;;;/t19-,23+,26?;;;/m1.../s1. The van der Waals surface area contributed by atoms with E-state index in [4.69, 9.17) is 25.1 Å². The lowest BCUT2D eigenvalue weighted by Gasteiger charge is -2.24. The first-order chi connectivity index (χ1) is 21.5. The third-order valence-corrected chi connectivity index (χ3v) is 6.40. The molecule has 1 heterocycles. The fourth-order valence-corrected chi connectivity index (χ4v) is 4.29. The molecule has 3 atom stereocenters. The molecule has 12 heteroatoms. The molecule has 0 aromatic carbocycles. The second kappa shape index (κ2) is 24.5. The molecule has 5 N–H and O–H groups in total. The van der Waals surface area contributed by atoms with Crippen molar-refractivity contribution in [3.8, 4) is 0 Å². The Morgan fingerprint density at radius 2 is 1.64 bits per heavy atom. The number of ether oxygens (including phenoxy) is 3. The minimum Gasteiger partial charge on any atom is -0.439 e. The van der Waals surface area contributed by atoms with Gasteiger partial charge < -0.3 is 35.7 Å². The number of primary amides is 1. The fraction of sp³-hybridized carbons (Fsp3) is 0.545. The number of hydrogen-bond acceptors (Lipinski definition) is 9. The molecule has 254 valence electrons.